The van der Waals surface area contributed by atoms with Gasteiger partial charge in [-0.2, -0.15) is 0 Å². The van der Waals surface area contributed by atoms with Crippen LogP contribution in [0.2, 0.25) is 18.1 Å². The summed E-state index contributed by atoms with van der Waals surface area (Å²) in [4.78, 5) is 0. The van der Waals surface area contributed by atoms with Crippen LogP contribution < -0.4 is 0 Å². The Morgan fingerprint density at radius 2 is 1.36 bits per heavy atom. The van der Waals surface area contributed by atoms with Gasteiger partial charge in [-0.25, -0.2) is 0 Å². The highest BCUT2D eigenvalue weighted by molar-refractivity contribution is 7.76. The van der Waals surface area contributed by atoms with Gasteiger partial charge < -0.3 is 4.43 Å². The van der Waals surface area contributed by atoms with Crippen LogP contribution in [0.15, 0.2) is 35.5 Å². The van der Waals surface area contributed by atoms with Crippen LogP contribution in [-0.4, -0.2) is 39.1 Å². The molecule has 3 heteroatoms. The van der Waals surface area contributed by atoms with E-state index in [2.05, 4.69) is 114 Å². The van der Waals surface area contributed by atoms with E-state index in [9.17, 15) is 0 Å². The minimum Gasteiger partial charge on any atom is -0.413 e. The van der Waals surface area contributed by atoms with Crippen LogP contribution >= 0.6 is 7.26 Å². The van der Waals surface area contributed by atoms with E-state index in [0.29, 0.717) is 17.9 Å². The molecule has 0 fully saturated rings. The maximum Gasteiger partial charge on any atom is 0.192 e. The summed E-state index contributed by atoms with van der Waals surface area (Å²) in [5.74, 6) is 1.04. The van der Waals surface area contributed by atoms with Gasteiger partial charge in [-0.1, -0.05) is 118 Å². The highest BCUT2D eigenvalue weighted by Gasteiger charge is 2.39. The van der Waals surface area contributed by atoms with E-state index in [1.807, 2.05) is 0 Å². The molecule has 230 valence electrons. The molecule has 0 aromatic rings. The second kappa shape index (κ2) is 19.9. The fourth-order valence-electron chi connectivity index (χ4n) is 5.40. The first kappa shape index (κ1) is 38.8. The van der Waals surface area contributed by atoms with Gasteiger partial charge in [0.15, 0.2) is 8.32 Å². The minimum absolute atomic E-state index is 0.253. The zero-order chi connectivity index (χ0) is 30.1. The predicted molar refractivity (Wildman–Crippen MR) is 188 cm³/mol. The lowest BCUT2D eigenvalue weighted by Crippen LogP contribution is -2.45. The predicted octanol–water partition coefficient (Wildman–Crippen LogP) is 12.7. The van der Waals surface area contributed by atoms with Crippen LogP contribution in [0.5, 0.6) is 0 Å². The molecule has 0 aliphatic heterocycles. The highest BCUT2D eigenvalue weighted by Crippen LogP contribution is 2.62. The van der Waals surface area contributed by atoms with Crippen LogP contribution in [0.4, 0.5) is 0 Å². The Bertz CT molecular complexity index is 705. The summed E-state index contributed by atoms with van der Waals surface area (Å²) in [6.07, 6.45) is 27.9. The zero-order valence-corrected chi connectivity index (χ0v) is 31.0. The van der Waals surface area contributed by atoms with E-state index in [0.717, 1.165) is 12.8 Å². The van der Waals surface area contributed by atoms with E-state index in [1.54, 1.807) is 5.57 Å². The molecule has 39 heavy (non-hydrogen) atoms. The molecule has 0 saturated heterocycles. The molecule has 1 nitrogen and oxygen atoms in total. The van der Waals surface area contributed by atoms with Crippen molar-refractivity contribution in [3.8, 4) is 0 Å². The quantitative estimate of drug-likeness (QED) is 0.0568. The molecule has 0 N–H and O–H groups in total. The van der Waals surface area contributed by atoms with E-state index in [-0.39, 0.29) is 5.04 Å². The van der Waals surface area contributed by atoms with Crippen molar-refractivity contribution in [1.29, 1.82) is 0 Å². The third kappa shape index (κ3) is 15.6. The molecule has 0 spiro atoms. The Kier molecular flexibility index (Phi) is 19.8. The molecule has 0 aliphatic rings. The van der Waals surface area contributed by atoms with E-state index in [4.69, 9.17) is 4.43 Å². The third-order valence-electron chi connectivity index (χ3n) is 9.13. The summed E-state index contributed by atoms with van der Waals surface area (Å²) in [6, 6.07) is 0. The topological polar surface area (TPSA) is 9.23 Å². The van der Waals surface area contributed by atoms with Gasteiger partial charge >= 0.3 is 0 Å². The molecule has 0 aromatic carbocycles. The summed E-state index contributed by atoms with van der Waals surface area (Å²) >= 11 is 0. The van der Waals surface area contributed by atoms with Gasteiger partial charge in [0.05, 0.1) is 30.8 Å². The first-order chi connectivity index (χ1) is 18.2. The third-order valence-corrected chi connectivity index (χ3v) is 18.5. The summed E-state index contributed by atoms with van der Waals surface area (Å²) < 4.78 is 6.79. The summed E-state index contributed by atoms with van der Waals surface area (Å²) in [7, 11) is -2.63. The largest absolute Gasteiger partial charge is 0.413 e. The highest BCUT2D eigenvalue weighted by atomic mass is 31.2. The molecule has 0 amide bonds. The van der Waals surface area contributed by atoms with Crippen molar-refractivity contribution in [2.75, 3.05) is 24.6 Å². The molecule has 0 aromatic heterocycles. The number of rotatable bonds is 21. The van der Waals surface area contributed by atoms with Crippen molar-refractivity contribution in [1.82, 2.24) is 0 Å². The molecular weight excluding hydrogens is 507 g/mol. The van der Waals surface area contributed by atoms with Crippen LogP contribution in [0.3, 0.4) is 0 Å². The molecule has 0 radical (unpaired) electrons. The van der Waals surface area contributed by atoms with Crippen molar-refractivity contribution in [2.45, 2.75) is 158 Å². The van der Waals surface area contributed by atoms with Crippen LogP contribution in [-0.2, 0) is 4.43 Å². The van der Waals surface area contributed by atoms with Crippen LogP contribution in [0.1, 0.15) is 134 Å². The zero-order valence-electron chi connectivity index (χ0n) is 29.1. The Morgan fingerprint density at radius 1 is 0.846 bits per heavy atom. The molecule has 3 atom stereocenters. The number of hydrogen-bond donors (Lipinski definition) is 0. The second-order valence-corrected chi connectivity index (χ2v) is 23.2. The van der Waals surface area contributed by atoms with E-state index in [1.165, 1.54) is 75.2 Å². The SMILES string of the molecule is CCCC[P+](CCCC)(CCCC)C/C(=C\[C@H](C)C/C=C/C(C)=C/[C@@H](C)C(CC)O[Si](C)(C)C(C)(C)C)CC. The summed E-state index contributed by atoms with van der Waals surface area (Å²) in [5.41, 5.74) is 3.12. The Morgan fingerprint density at radius 3 is 1.77 bits per heavy atom. The van der Waals surface area contributed by atoms with E-state index < -0.39 is 15.6 Å². The van der Waals surface area contributed by atoms with Crippen LogP contribution in [0.25, 0.3) is 0 Å². The summed E-state index contributed by atoms with van der Waals surface area (Å²) in [5, 5.41) is 0.253. The smallest absolute Gasteiger partial charge is 0.192 e. The molecule has 0 rings (SSSR count). The van der Waals surface area contributed by atoms with Crippen molar-refractivity contribution in [3.05, 3.63) is 35.5 Å². The lowest BCUT2D eigenvalue weighted by atomic mass is 9.99. The molecule has 0 aliphatic carbocycles. The Hall–Kier alpha value is -0.173. The molecular formula is C36H72OPSi+. The van der Waals surface area contributed by atoms with Gasteiger partial charge in [-0.15, -0.1) is 0 Å². The normalized spacial score (nSPS) is 16.6. The van der Waals surface area contributed by atoms with Crippen molar-refractivity contribution < 1.29 is 4.43 Å². The molecule has 0 bridgehead atoms. The average molecular weight is 580 g/mol. The second-order valence-electron chi connectivity index (χ2n) is 14.1. The van der Waals surface area contributed by atoms with Gasteiger partial charge in [-0.3, -0.25) is 0 Å². The Labute approximate surface area is 249 Å². The van der Waals surface area contributed by atoms with Crippen LogP contribution in [0, 0.1) is 11.8 Å². The lowest BCUT2D eigenvalue weighted by Gasteiger charge is -2.40. The lowest BCUT2D eigenvalue weighted by molar-refractivity contribution is 0.141. The number of unbranched alkanes of at least 4 members (excludes halogenated alkanes) is 3. The number of hydrogen-bond acceptors (Lipinski definition) is 1. The van der Waals surface area contributed by atoms with E-state index >= 15 is 0 Å². The van der Waals surface area contributed by atoms with Gasteiger partial charge in [0, 0.05) is 7.26 Å². The monoisotopic (exact) mass is 580 g/mol. The van der Waals surface area contributed by atoms with Gasteiger partial charge in [0.2, 0.25) is 0 Å². The maximum atomic E-state index is 6.79. The minimum atomic E-state index is -1.75. The molecule has 1 unspecified atom stereocenters. The average Bonchev–Trinajstić information content (AvgIpc) is 2.86. The van der Waals surface area contributed by atoms with Crippen molar-refractivity contribution >= 4 is 15.6 Å². The maximum absolute atomic E-state index is 6.79. The summed E-state index contributed by atoms with van der Waals surface area (Å²) in [6.45, 7) is 30.6. The van der Waals surface area contributed by atoms with Gasteiger partial charge in [0.25, 0.3) is 0 Å². The van der Waals surface area contributed by atoms with Crippen molar-refractivity contribution in [3.63, 3.8) is 0 Å². The molecule has 0 heterocycles. The Balaban J connectivity index is 5.40. The van der Waals surface area contributed by atoms with Crippen molar-refractivity contribution in [2.24, 2.45) is 11.8 Å². The fraction of sp³-hybridized carbons (Fsp3) is 0.833. The molecule has 0 saturated carbocycles. The number of allylic oxidation sites excluding steroid dienone is 5. The fourth-order valence-corrected chi connectivity index (χ4v) is 12.2. The first-order valence-corrected chi connectivity index (χ1v) is 22.2. The standard InChI is InChI=1S/C36H72OPSi/c1-14-19-25-38(26-20-15-2,27-21-16-3)30-34(17-4)29-32(7)24-22-23-31(6)28-33(8)35(18-5)37-39(12,13)36(9,10)11/h22-23,28-29,32-33,35H,14-21,24-27,30H2,1-13H3/q+1/b23-22+,31-28+,34-29-/t32-,33-,35?/m1/s1. The van der Waals surface area contributed by atoms with Gasteiger partial charge in [-0.05, 0) is 81.0 Å². The first-order valence-electron chi connectivity index (χ1n) is 16.8. The van der Waals surface area contributed by atoms with Gasteiger partial charge in [0.1, 0.15) is 0 Å².